The van der Waals surface area contributed by atoms with E-state index in [-0.39, 0.29) is 29.1 Å². The van der Waals surface area contributed by atoms with Gasteiger partial charge in [-0.05, 0) is 0 Å². The molecule has 0 spiro atoms. The van der Waals surface area contributed by atoms with E-state index in [0.717, 1.165) is 12.8 Å². The first-order valence-electron chi connectivity index (χ1n) is 18.1. The summed E-state index contributed by atoms with van der Waals surface area (Å²) in [6.45, 7) is 12.7. The summed E-state index contributed by atoms with van der Waals surface area (Å²) in [4.78, 5) is 10.2. The fourth-order valence-corrected chi connectivity index (χ4v) is 13.5. The molecule has 6 heteroatoms. The number of halogens is 1. The molecule has 0 bridgehead atoms. The Hall–Kier alpha value is 1.31. The second kappa shape index (κ2) is 28.8. The molecule has 0 aliphatic carbocycles. The molecule has 0 rings (SSSR count). The van der Waals surface area contributed by atoms with E-state index in [2.05, 4.69) is 34.1 Å². The standard InChI is InChI=1S/C35H76O3P2.HI/c1-7-10-12-14-16-18-20-22-24-26-28-30-33-35(32-9-3,39(4,5)38-40(6,36)37)34-31-29-27-25-23-21-19-17-15-13-11-8-2;/h39H,7-34H2,1-6H3,(H,36,37);1H. The van der Waals surface area contributed by atoms with Gasteiger partial charge in [0, 0.05) is 0 Å². The average Bonchev–Trinajstić information content (AvgIpc) is 2.88. The van der Waals surface area contributed by atoms with Crippen LogP contribution in [0.2, 0.25) is 0 Å². The molecule has 0 aliphatic rings. The molecule has 1 atom stereocenters. The van der Waals surface area contributed by atoms with Gasteiger partial charge in [0.25, 0.3) is 0 Å². The molecular formula is C35H77IO3P2. The summed E-state index contributed by atoms with van der Waals surface area (Å²) in [5.74, 6) is 0. The normalized spacial score (nSPS) is 14.1. The zero-order valence-electron chi connectivity index (χ0n) is 28.9. The Morgan fingerprint density at radius 2 is 0.780 bits per heavy atom. The molecule has 0 saturated heterocycles. The SMILES string of the molecule is CCCCCCCCCCCCCCC(CCC)(CCCCCCCCCCCCCC)[PH](C)(C)OP(C)(=O)O.I. The minimum Gasteiger partial charge on any atom is -0.107 e. The van der Waals surface area contributed by atoms with E-state index < -0.39 is 15.1 Å². The Labute approximate surface area is 277 Å². The van der Waals surface area contributed by atoms with Gasteiger partial charge in [-0.1, -0.05) is 39.5 Å². The largest absolute Gasteiger partial charge is 0.107 e. The third kappa shape index (κ3) is 25.2. The van der Waals surface area contributed by atoms with Crippen LogP contribution in [0.4, 0.5) is 0 Å². The summed E-state index contributed by atoms with van der Waals surface area (Å²) in [5.41, 5.74) is 0. The van der Waals surface area contributed by atoms with Crippen LogP contribution in [0, 0.1) is 0 Å². The maximum absolute atomic E-state index is 12.4. The predicted octanol–water partition coefficient (Wildman–Crippen LogP) is 14.1. The first kappa shape index (κ1) is 44.4. The quantitative estimate of drug-likeness (QED) is 0.0438. The molecule has 0 aromatic rings. The van der Waals surface area contributed by atoms with Crippen molar-refractivity contribution in [3.63, 3.8) is 0 Å². The van der Waals surface area contributed by atoms with Crippen LogP contribution in [0.3, 0.4) is 0 Å². The zero-order valence-corrected chi connectivity index (χ0v) is 33.1. The third-order valence-electron chi connectivity index (χ3n) is 9.42. The number of unbranched alkanes of at least 4 members (excludes halogenated alkanes) is 22. The van der Waals surface area contributed by atoms with Crippen LogP contribution < -0.4 is 0 Å². The maximum atomic E-state index is 12.4. The van der Waals surface area contributed by atoms with Gasteiger partial charge in [-0.15, -0.1) is 24.0 Å². The van der Waals surface area contributed by atoms with Crippen LogP contribution in [-0.4, -0.2) is 30.0 Å². The molecule has 0 aromatic carbocycles. The van der Waals surface area contributed by atoms with Gasteiger partial charge in [-0.25, -0.2) is 0 Å². The van der Waals surface area contributed by atoms with E-state index in [4.69, 9.17) is 4.31 Å². The smallest absolute Gasteiger partial charge is 0.107 e. The van der Waals surface area contributed by atoms with Gasteiger partial charge >= 0.3 is 215 Å². The average molecular weight is 735 g/mol. The van der Waals surface area contributed by atoms with E-state index in [0.29, 0.717) is 0 Å². The van der Waals surface area contributed by atoms with E-state index in [1.807, 2.05) is 0 Å². The van der Waals surface area contributed by atoms with Gasteiger partial charge in [-0.2, -0.15) is 0 Å². The molecule has 0 aromatic heterocycles. The molecule has 0 aliphatic heterocycles. The first-order valence-corrected chi connectivity index (χ1v) is 23.1. The second-order valence-corrected chi connectivity index (χ2v) is 20.1. The fraction of sp³-hybridized carbons (Fsp3) is 1.00. The van der Waals surface area contributed by atoms with Gasteiger partial charge in [0.05, 0.1) is 0 Å². The van der Waals surface area contributed by atoms with Crippen molar-refractivity contribution in [2.75, 3.05) is 20.0 Å². The summed E-state index contributed by atoms with van der Waals surface area (Å²) in [7, 11) is -5.84. The van der Waals surface area contributed by atoms with Gasteiger partial charge < -0.3 is 0 Å². The second-order valence-electron chi connectivity index (χ2n) is 13.7. The number of hydrogen-bond donors (Lipinski definition) is 1. The summed E-state index contributed by atoms with van der Waals surface area (Å²) in [5, 5.41) is 0.118. The third-order valence-corrected chi connectivity index (χ3v) is 15.9. The summed E-state index contributed by atoms with van der Waals surface area (Å²) < 4.78 is 18.5. The van der Waals surface area contributed by atoms with Crippen molar-refractivity contribution in [2.45, 2.75) is 206 Å². The van der Waals surface area contributed by atoms with Gasteiger partial charge in [0.1, 0.15) is 0 Å². The Morgan fingerprint density at radius 3 is 1.02 bits per heavy atom. The van der Waals surface area contributed by atoms with Crippen LogP contribution in [0.5, 0.6) is 0 Å². The van der Waals surface area contributed by atoms with Gasteiger partial charge in [-0.3, -0.25) is 0 Å². The van der Waals surface area contributed by atoms with Gasteiger partial charge in [0.2, 0.25) is 0 Å². The fourth-order valence-electron chi connectivity index (χ4n) is 6.89. The molecule has 3 nitrogen and oxygen atoms in total. The predicted molar refractivity (Wildman–Crippen MR) is 201 cm³/mol. The van der Waals surface area contributed by atoms with E-state index in [1.54, 1.807) is 0 Å². The van der Waals surface area contributed by atoms with Crippen molar-refractivity contribution in [1.29, 1.82) is 0 Å². The monoisotopic (exact) mass is 734 g/mol. The van der Waals surface area contributed by atoms with Crippen molar-refractivity contribution in [1.82, 2.24) is 0 Å². The Kier molecular flexibility index (Phi) is 31.2. The Balaban J connectivity index is 0. The minimum absolute atomic E-state index is 0. The van der Waals surface area contributed by atoms with Crippen molar-refractivity contribution >= 4 is 39.1 Å². The molecule has 1 N–H and O–H groups in total. The van der Waals surface area contributed by atoms with E-state index >= 15 is 0 Å². The van der Waals surface area contributed by atoms with Crippen LogP contribution in [0.15, 0.2) is 0 Å². The molecule has 0 saturated carbocycles. The molecular weight excluding hydrogens is 657 g/mol. The summed E-state index contributed by atoms with van der Waals surface area (Å²) >= 11 is 0. The molecule has 0 fully saturated rings. The molecule has 252 valence electrons. The number of hydrogen-bond acceptors (Lipinski definition) is 2. The molecule has 41 heavy (non-hydrogen) atoms. The topological polar surface area (TPSA) is 46.5 Å². The van der Waals surface area contributed by atoms with Gasteiger partial charge in [0.15, 0.2) is 0 Å². The number of rotatable bonds is 31. The molecule has 0 heterocycles. The maximum Gasteiger partial charge on any atom is -0.107 e. The van der Waals surface area contributed by atoms with Crippen molar-refractivity contribution in [2.24, 2.45) is 0 Å². The van der Waals surface area contributed by atoms with E-state index in [1.165, 1.54) is 174 Å². The first-order chi connectivity index (χ1) is 19.1. The van der Waals surface area contributed by atoms with E-state index in [9.17, 15) is 9.46 Å². The van der Waals surface area contributed by atoms with Crippen LogP contribution in [-0.2, 0) is 8.88 Å². The van der Waals surface area contributed by atoms with Crippen LogP contribution in [0.25, 0.3) is 0 Å². The Bertz CT molecular complexity index is 566. The van der Waals surface area contributed by atoms with Crippen LogP contribution in [0.1, 0.15) is 201 Å². The molecule has 1 unspecified atom stereocenters. The van der Waals surface area contributed by atoms with Crippen molar-refractivity contribution in [3.8, 4) is 0 Å². The Morgan fingerprint density at radius 1 is 0.512 bits per heavy atom. The van der Waals surface area contributed by atoms with Crippen molar-refractivity contribution in [3.05, 3.63) is 0 Å². The van der Waals surface area contributed by atoms with Crippen LogP contribution >= 0.6 is 39.1 Å². The minimum atomic E-state index is -3.49. The zero-order chi connectivity index (χ0) is 30.0. The summed E-state index contributed by atoms with van der Waals surface area (Å²) in [6, 6.07) is 0. The summed E-state index contributed by atoms with van der Waals surface area (Å²) in [6.07, 6.45) is 37.5. The molecule has 0 amide bonds. The van der Waals surface area contributed by atoms with Crippen molar-refractivity contribution < 1.29 is 13.8 Å². The molecule has 0 radical (unpaired) electrons.